The first-order chi connectivity index (χ1) is 18.5. The molecule has 1 atom stereocenters. The number of fused-ring (bicyclic) bond motifs is 1. The van der Waals surface area contributed by atoms with Crippen LogP contribution in [-0.4, -0.2) is 62.2 Å². The van der Waals surface area contributed by atoms with Crippen molar-refractivity contribution in [1.29, 1.82) is 0 Å². The number of hydrogen-bond acceptors (Lipinski definition) is 5. The molecule has 1 fully saturated rings. The number of aliphatic hydroxyl groups is 2. The molecule has 2 heterocycles. The van der Waals surface area contributed by atoms with E-state index in [1.165, 1.54) is 0 Å². The first kappa shape index (κ1) is 25.6. The molecule has 0 spiro atoms. The molecule has 196 valence electrons. The van der Waals surface area contributed by atoms with Gasteiger partial charge in [0.15, 0.2) is 11.4 Å². The van der Waals surface area contributed by atoms with Crippen LogP contribution in [0.5, 0.6) is 0 Å². The number of aliphatic hydroxyl groups excluding tert-OH is 1. The van der Waals surface area contributed by atoms with Gasteiger partial charge in [0.25, 0.3) is 5.91 Å². The number of nitrogens with zero attached hydrogens (tertiary/aromatic N) is 3. The number of nitrogens with one attached hydrogen (secondary N) is 1. The third-order valence-corrected chi connectivity index (χ3v) is 7.26. The zero-order chi connectivity index (χ0) is 26.7. The third-order valence-electron chi connectivity index (χ3n) is 7.26. The van der Waals surface area contributed by atoms with Crippen molar-refractivity contribution in [3.05, 3.63) is 101 Å². The molecule has 1 aromatic heterocycles. The maximum absolute atomic E-state index is 13.2. The number of rotatable bonds is 8. The SMILES string of the molecule is CCN1CC(NC(=O)c2ccc3nc(C(O)(c4ccccc4)c4ccccc4)n(CCO)c3c2)CCC1=O. The van der Waals surface area contributed by atoms with Crippen LogP contribution in [0.3, 0.4) is 0 Å². The summed E-state index contributed by atoms with van der Waals surface area (Å²) in [5.41, 5.74) is 1.40. The van der Waals surface area contributed by atoms with Gasteiger partial charge in [0, 0.05) is 37.7 Å². The van der Waals surface area contributed by atoms with E-state index >= 15 is 0 Å². The van der Waals surface area contributed by atoms with Crippen LogP contribution in [-0.2, 0) is 16.9 Å². The molecule has 1 aliphatic heterocycles. The van der Waals surface area contributed by atoms with E-state index in [4.69, 9.17) is 4.98 Å². The van der Waals surface area contributed by atoms with Crippen LogP contribution in [0.1, 0.15) is 47.1 Å². The Kier molecular flexibility index (Phi) is 7.26. The van der Waals surface area contributed by atoms with Gasteiger partial charge in [0.05, 0.1) is 17.6 Å². The number of imidazole rings is 1. The minimum Gasteiger partial charge on any atom is -0.395 e. The lowest BCUT2D eigenvalue weighted by atomic mass is 9.85. The molecule has 5 rings (SSSR count). The fourth-order valence-corrected chi connectivity index (χ4v) is 5.26. The van der Waals surface area contributed by atoms with Gasteiger partial charge in [-0.25, -0.2) is 4.98 Å². The predicted molar refractivity (Wildman–Crippen MR) is 145 cm³/mol. The molecule has 0 aliphatic carbocycles. The average Bonchev–Trinajstić information content (AvgIpc) is 3.32. The van der Waals surface area contributed by atoms with Crippen LogP contribution in [0.25, 0.3) is 11.0 Å². The summed E-state index contributed by atoms with van der Waals surface area (Å²) in [5, 5.41) is 25.3. The van der Waals surface area contributed by atoms with Crippen molar-refractivity contribution in [3.63, 3.8) is 0 Å². The first-order valence-corrected chi connectivity index (χ1v) is 13.0. The van der Waals surface area contributed by atoms with Gasteiger partial charge in [-0.05, 0) is 42.7 Å². The number of benzene rings is 3. The number of piperidine rings is 1. The number of hydrogen-bond donors (Lipinski definition) is 3. The van der Waals surface area contributed by atoms with Crippen LogP contribution < -0.4 is 5.32 Å². The van der Waals surface area contributed by atoms with E-state index < -0.39 is 5.60 Å². The van der Waals surface area contributed by atoms with Gasteiger partial charge in [-0.1, -0.05) is 60.7 Å². The summed E-state index contributed by atoms with van der Waals surface area (Å²) in [6.45, 7) is 3.07. The van der Waals surface area contributed by atoms with Crippen molar-refractivity contribution in [2.24, 2.45) is 0 Å². The lowest BCUT2D eigenvalue weighted by Gasteiger charge is -2.32. The molecule has 8 heteroatoms. The van der Waals surface area contributed by atoms with Crippen LogP contribution in [0.2, 0.25) is 0 Å². The Morgan fingerprint density at radius 2 is 1.71 bits per heavy atom. The van der Waals surface area contributed by atoms with Gasteiger partial charge < -0.3 is 25.0 Å². The maximum atomic E-state index is 13.2. The largest absolute Gasteiger partial charge is 0.395 e. The Morgan fingerprint density at radius 3 is 2.32 bits per heavy atom. The van der Waals surface area contributed by atoms with Crippen molar-refractivity contribution < 1.29 is 19.8 Å². The molecular weight excluding hydrogens is 480 g/mol. The molecule has 8 nitrogen and oxygen atoms in total. The Labute approximate surface area is 221 Å². The fraction of sp³-hybridized carbons (Fsp3) is 0.300. The zero-order valence-electron chi connectivity index (χ0n) is 21.4. The van der Waals surface area contributed by atoms with Gasteiger partial charge in [-0.3, -0.25) is 9.59 Å². The highest BCUT2D eigenvalue weighted by Crippen LogP contribution is 2.37. The van der Waals surface area contributed by atoms with E-state index in [0.29, 0.717) is 59.5 Å². The summed E-state index contributed by atoms with van der Waals surface area (Å²) in [7, 11) is 0. The van der Waals surface area contributed by atoms with E-state index in [9.17, 15) is 19.8 Å². The molecule has 38 heavy (non-hydrogen) atoms. The second-order valence-electron chi connectivity index (χ2n) is 9.60. The standard InChI is InChI=1S/C30H32N4O4/c1-2-33-20-24(14-16-27(33)36)31-28(37)21-13-15-25-26(19-21)34(17-18-35)29(32-25)30(38,22-9-5-3-6-10-22)23-11-7-4-8-12-23/h3-13,15,19,24,35,38H,2,14,16-18,20H2,1H3,(H,31,37). The van der Waals surface area contributed by atoms with Crippen LogP contribution in [0.15, 0.2) is 78.9 Å². The molecule has 3 N–H and O–H groups in total. The summed E-state index contributed by atoms with van der Waals surface area (Å²) in [6, 6.07) is 23.7. The molecule has 4 aromatic rings. The second kappa shape index (κ2) is 10.8. The number of carbonyl (C=O) groups excluding carboxylic acids is 2. The van der Waals surface area contributed by atoms with Crippen molar-refractivity contribution in [3.8, 4) is 0 Å². The normalized spacial score (nSPS) is 16.1. The molecule has 1 aliphatic rings. The quantitative estimate of drug-likeness (QED) is 0.336. The summed E-state index contributed by atoms with van der Waals surface area (Å²) < 4.78 is 1.78. The first-order valence-electron chi connectivity index (χ1n) is 13.0. The Balaban J connectivity index is 1.56. The molecule has 1 unspecified atom stereocenters. The summed E-state index contributed by atoms with van der Waals surface area (Å²) in [4.78, 5) is 31.8. The van der Waals surface area contributed by atoms with E-state index in [0.717, 1.165) is 0 Å². The van der Waals surface area contributed by atoms with Crippen molar-refractivity contribution >= 4 is 22.8 Å². The van der Waals surface area contributed by atoms with Gasteiger partial charge in [-0.15, -0.1) is 0 Å². The lowest BCUT2D eigenvalue weighted by Crippen LogP contribution is -2.49. The number of likely N-dealkylation sites (tertiary alicyclic amines) is 1. The van der Waals surface area contributed by atoms with Crippen LogP contribution >= 0.6 is 0 Å². The average molecular weight is 513 g/mol. The van der Waals surface area contributed by atoms with E-state index in [-0.39, 0.29) is 31.0 Å². The highest BCUT2D eigenvalue weighted by atomic mass is 16.3. The van der Waals surface area contributed by atoms with E-state index in [2.05, 4.69) is 5.32 Å². The van der Waals surface area contributed by atoms with Gasteiger partial charge >= 0.3 is 0 Å². The van der Waals surface area contributed by atoms with Gasteiger partial charge in [0.2, 0.25) is 5.91 Å². The smallest absolute Gasteiger partial charge is 0.251 e. The highest BCUT2D eigenvalue weighted by molar-refractivity contribution is 5.97. The number of carbonyl (C=O) groups is 2. The monoisotopic (exact) mass is 512 g/mol. The zero-order valence-corrected chi connectivity index (χ0v) is 21.4. The van der Waals surface area contributed by atoms with E-state index in [1.54, 1.807) is 27.7 Å². The third kappa shape index (κ3) is 4.68. The fourth-order valence-electron chi connectivity index (χ4n) is 5.26. The highest BCUT2D eigenvalue weighted by Gasteiger charge is 2.39. The Morgan fingerprint density at radius 1 is 1.05 bits per heavy atom. The van der Waals surface area contributed by atoms with Gasteiger partial charge in [-0.2, -0.15) is 0 Å². The summed E-state index contributed by atoms with van der Waals surface area (Å²) >= 11 is 0. The Hall–Kier alpha value is -4.01. The molecule has 0 bridgehead atoms. The molecule has 1 saturated heterocycles. The van der Waals surface area contributed by atoms with Crippen LogP contribution in [0, 0.1) is 0 Å². The molecule has 3 aromatic carbocycles. The maximum Gasteiger partial charge on any atom is 0.251 e. The van der Waals surface area contributed by atoms with Crippen molar-refractivity contribution in [2.75, 3.05) is 19.7 Å². The summed E-state index contributed by atoms with van der Waals surface area (Å²) in [6.07, 6.45) is 1.03. The number of aromatic nitrogens is 2. The van der Waals surface area contributed by atoms with E-state index in [1.807, 2.05) is 67.6 Å². The second-order valence-corrected chi connectivity index (χ2v) is 9.60. The predicted octanol–water partition coefficient (Wildman–Crippen LogP) is 3.05. The summed E-state index contributed by atoms with van der Waals surface area (Å²) in [5.74, 6) is 0.243. The lowest BCUT2D eigenvalue weighted by molar-refractivity contribution is -0.133. The molecule has 2 amide bonds. The van der Waals surface area contributed by atoms with Crippen LogP contribution in [0.4, 0.5) is 0 Å². The number of likely N-dealkylation sites (N-methyl/N-ethyl adjacent to an activating group) is 1. The molecular formula is C30H32N4O4. The number of amides is 2. The van der Waals surface area contributed by atoms with Gasteiger partial charge in [0.1, 0.15) is 0 Å². The molecule has 0 radical (unpaired) electrons. The minimum absolute atomic E-state index is 0.115. The topological polar surface area (TPSA) is 108 Å². The van der Waals surface area contributed by atoms with Crippen molar-refractivity contribution in [1.82, 2.24) is 19.8 Å². The van der Waals surface area contributed by atoms with Crippen molar-refractivity contribution in [2.45, 2.75) is 38.0 Å². The minimum atomic E-state index is -1.59. The Bertz CT molecular complexity index is 1400. The molecule has 0 saturated carbocycles.